The highest BCUT2D eigenvalue weighted by Crippen LogP contribution is 2.23. The molecule has 20 heavy (non-hydrogen) atoms. The molecule has 0 radical (unpaired) electrons. The summed E-state index contributed by atoms with van der Waals surface area (Å²) in [7, 11) is 2.15. The molecule has 2 aromatic rings. The molecule has 2 heterocycles. The van der Waals surface area contributed by atoms with Crippen molar-refractivity contribution >= 4 is 0 Å². The van der Waals surface area contributed by atoms with Gasteiger partial charge in [-0.15, -0.1) is 10.2 Å². The van der Waals surface area contributed by atoms with E-state index in [0.29, 0.717) is 30.1 Å². The lowest BCUT2D eigenvalue weighted by atomic mass is 10.1. The van der Waals surface area contributed by atoms with Crippen LogP contribution in [0.2, 0.25) is 0 Å². The second kappa shape index (κ2) is 6.22. The Labute approximate surface area is 119 Å². The van der Waals surface area contributed by atoms with E-state index in [-0.39, 0.29) is 0 Å². The average Bonchev–Trinajstić information content (AvgIpc) is 3.05. The summed E-state index contributed by atoms with van der Waals surface area (Å²) in [5.74, 6) is 1.74. The van der Waals surface area contributed by atoms with E-state index in [9.17, 15) is 0 Å². The van der Waals surface area contributed by atoms with E-state index in [1.54, 1.807) is 6.26 Å². The van der Waals surface area contributed by atoms with Gasteiger partial charge in [-0.25, -0.2) is 0 Å². The Hall–Kier alpha value is -1.62. The van der Waals surface area contributed by atoms with Crippen LogP contribution in [0.1, 0.15) is 44.4 Å². The van der Waals surface area contributed by atoms with E-state index < -0.39 is 0 Å². The van der Waals surface area contributed by atoms with Gasteiger partial charge in [0, 0.05) is 6.04 Å². The molecule has 5 nitrogen and oxygen atoms in total. The van der Waals surface area contributed by atoms with Gasteiger partial charge in [0.25, 0.3) is 5.89 Å². The van der Waals surface area contributed by atoms with Gasteiger partial charge in [0.05, 0.1) is 12.8 Å². The normalized spacial score (nSPS) is 17.5. The van der Waals surface area contributed by atoms with Gasteiger partial charge < -0.3 is 8.83 Å². The predicted molar refractivity (Wildman–Crippen MR) is 75.0 cm³/mol. The van der Waals surface area contributed by atoms with Crippen molar-refractivity contribution in [2.24, 2.45) is 0 Å². The zero-order valence-corrected chi connectivity index (χ0v) is 11.9. The minimum atomic E-state index is 0.458. The minimum Gasteiger partial charge on any atom is -0.459 e. The lowest BCUT2D eigenvalue weighted by molar-refractivity contribution is 0.195. The van der Waals surface area contributed by atoms with Crippen LogP contribution >= 0.6 is 0 Å². The Morgan fingerprint density at radius 1 is 1.20 bits per heavy atom. The summed E-state index contributed by atoms with van der Waals surface area (Å²) >= 11 is 0. The first-order valence-electron chi connectivity index (χ1n) is 7.39. The van der Waals surface area contributed by atoms with Crippen LogP contribution in [0.5, 0.6) is 0 Å². The molecule has 5 heteroatoms. The molecule has 108 valence electrons. The van der Waals surface area contributed by atoms with Gasteiger partial charge in [-0.1, -0.05) is 25.7 Å². The monoisotopic (exact) mass is 275 g/mol. The molecule has 1 aliphatic carbocycles. The first-order chi connectivity index (χ1) is 9.83. The highest BCUT2D eigenvalue weighted by molar-refractivity contribution is 5.42. The van der Waals surface area contributed by atoms with Crippen LogP contribution < -0.4 is 0 Å². The number of furan rings is 1. The molecule has 0 aromatic carbocycles. The van der Waals surface area contributed by atoms with Crippen molar-refractivity contribution in [3.63, 3.8) is 0 Å². The van der Waals surface area contributed by atoms with Gasteiger partial charge in [-0.2, -0.15) is 0 Å². The Morgan fingerprint density at radius 2 is 2.00 bits per heavy atom. The summed E-state index contributed by atoms with van der Waals surface area (Å²) in [6.45, 7) is 0.707. The van der Waals surface area contributed by atoms with Crippen molar-refractivity contribution in [2.45, 2.75) is 51.1 Å². The highest BCUT2D eigenvalue weighted by Gasteiger charge is 2.19. The first-order valence-corrected chi connectivity index (χ1v) is 7.39. The molecule has 0 amide bonds. The SMILES string of the molecule is CN(Cc1nnc(-c2ccco2)o1)C1CCCCCC1. The van der Waals surface area contributed by atoms with Crippen LogP contribution in [0, 0.1) is 0 Å². The summed E-state index contributed by atoms with van der Waals surface area (Å²) < 4.78 is 10.9. The van der Waals surface area contributed by atoms with Crippen LogP contribution in [0.25, 0.3) is 11.7 Å². The van der Waals surface area contributed by atoms with Gasteiger partial charge in [-0.05, 0) is 32.0 Å². The molecule has 1 fully saturated rings. The Bertz CT molecular complexity index is 513. The molecule has 0 atom stereocenters. The van der Waals surface area contributed by atoms with Crippen LogP contribution in [0.4, 0.5) is 0 Å². The van der Waals surface area contributed by atoms with Gasteiger partial charge in [0.1, 0.15) is 0 Å². The van der Waals surface area contributed by atoms with E-state index in [4.69, 9.17) is 8.83 Å². The second-order valence-electron chi connectivity index (χ2n) is 5.54. The molecule has 3 rings (SSSR count). The third-order valence-corrected chi connectivity index (χ3v) is 4.03. The van der Waals surface area contributed by atoms with Crippen molar-refractivity contribution < 1.29 is 8.83 Å². The number of rotatable bonds is 4. The fourth-order valence-corrected chi connectivity index (χ4v) is 2.86. The Balaban J connectivity index is 1.62. The van der Waals surface area contributed by atoms with Crippen molar-refractivity contribution in [3.05, 3.63) is 24.3 Å². The van der Waals surface area contributed by atoms with E-state index in [1.807, 2.05) is 12.1 Å². The molecular formula is C15H21N3O2. The van der Waals surface area contributed by atoms with Crippen molar-refractivity contribution in [1.82, 2.24) is 15.1 Å². The summed E-state index contributed by atoms with van der Waals surface area (Å²) in [6, 6.07) is 4.28. The van der Waals surface area contributed by atoms with Gasteiger partial charge >= 0.3 is 0 Å². The molecule has 0 unspecified atom stereocenters. The maximum Gasteiger partial charge on any atom is 0.283 e. The number of hydrogen-bond acceptors (Lipinski definition) is 5. The third-order valence-electron chi connectivity index (χ3n) is 4.03. The van der Waals surface area contributed by atoms with Crippen molar-refractivity contribution in [1.29, 1.82) is 0 Å². The lowest BCUT2D eigenvalue weighted by Gasteiger charge is -2.25. The van der Waals surface area contributed by atoms with Gasteiger partial charge in [-0.3, -0.25) is 4.90 Å². The molecular weight excluding hydrogens is 254 g/mol. The van der Waals surface area contributed by atoms with Crippen molar-refractivity contribution in [3.8, 4) is 11.7 Å². The van der Waals surface area contributed by atoms with Crippen LogP contribution in [-0.2, 0) is 6.54 Å². The maximum absolute atomic E-state index is 5.66. The predicted octanol–water partition coefficient (Wildman–Crippen LogP) is 3.48. The van der Waals surface area contributed by atoms with E-state index >= 15 is 0 Å². The maximum atomic E-state index is 5.66. The summed E-state index contributed by atoms with van der Waals surface area (Å²) in [5, 5.41) is 8.15. The zero-order valence-electron chi connectivity index (χ0n) is 11.9. The van der Waals surface area contributed by atoms with Gasteiger partial charge in [0.15, 0.2) is 5.76 Å². The van der Waals surface area contributed by atoms with Crippen LogP contribution in [0.15, 0.2) is 27.2 Å². The summed E-state index contributed by atoms with van der Waals surface area (Å²) in [6.07, 6.45) is 9.55. The number of hydrogen-bond donors (Lipinski definition) is 0. The molecule has 1 saturated carbocycles. The molecule has 0 bridgehead atoms. The standard InChI is InChI=1S/C15H21N3O2/c1-18(12-7-4-2-3-5-8-12)11-14-16-17-15(20-14)13-9-6-10-19-13/h6,9-10,12H,2-5,7-8,11H2,1H3. The van der Waals surface area contributed by atoms with Crippen LogP contribution in [-0.4, -0.2) is 28.2 Å². The Morgan fingerprint density at radius 3 is 2.70 bits per heavy atom. The molecule has 0 N–H and O–H groups in total. The van der Waals surface area contributed by atoms with E-state index in [0.717, 1.165) is 0 Å². The average molecular weight is 275 g/mol. The Kier molecular flexibility index (Phi) is 4.16. The van der Waals surface area contributed by atoms with Crippen molar-refractivity contribution in [2.75, 3.05) is 7.05 Å². The minimum absolute atomic E-state index is 0.458. The number of nitrogens with zero attached hydrogens (tertiary/aromatic N) is 3. The smallest absolute Gasteiger partial charge is 0.283 e. The second-order valence-corrected chi connectivity index (χ2v) is 5.54. The van der Waals surface area contributed by atoms with Crippen LogP contribution in [0.3, 0.4) is 0 Å². The molecule has 0 spiro atoms. The zero-order chi connectivity index (χ0) is 13.8. The number of aromatic nitrogens is 2. The highest BCUT2D eigenvalue weighted by atomic mass is 16.4. The largest absolute Gasteiger partial charge is 0.459 e. The summed E-state index contributed by atoms with van der Waals surface area (Å²) in [4.78, 5) is 2.34. The quantitative estimate of drug-likeness (QED) is 0.799. The third kappa shape index (κ3) is 3.10. The summed E-state index contributed by atoms with van der Waals surface area (Å²) in [5.41, 5.74) is 0. The molecule has 0 aliphatic heterocycles. The molecule has 2 aromatic heterocycles. The van der Waals surface area contributed by atoms with E-state index in [1.165, 1.54) is 38.5 Å². The molecule has 1 aliphatic rings. The first kappa shape index (κ1) is 13.4. The van der Waals surface area contributed by atoms with E-state index in [2.05, 4.69) is 22.1 Å². The molecule has 0 saturated heterocycles. The lowest BCUT2D eigenvalue weighted by Crippen LogP contribution is -2.30. The fraction of sp³-hybridized carbons (Fsp3) is 0.600. The topological polar surface area (TPSA) is 55.3 Å². The fourth-order valence-electron chi connectivity index (χ4n) is 2.86. The van der Waals surface area contributed by atoms with Gasteiger partial charge in [0.2, 0.25) is 5.89 Å².